The molecule has 0 radical (unpaired) electrons. The van der Waals surface area contributed by atoms with Crippen molar-refractivity contribution in [1.82, 2.24) is 9.78 Å². The zero-order valence-corrected chi connectivity index (χ0v) is 10.5. The molecule has 1 fully saturated rings. The number of aromatic nitrogens is 2. The zero-order chi connectivity index (χ0) is 13.4. The van der Waals surface area contributed by atoms with Crippen molar-refractivity contribution in [1.29, 1.82) is 0 Å². The summed E-state index contributed by atoms with van der Waals surface area (Å²) in [7, 11) is 1.80. The smallest absolute Gasteiger partial charge is 0.253 e. The monoisotopic (exact) mass is 258 g/mol. The van der Waals surface area contributed by atoms with Gasteiger partial charge in [-0.2, -0.15) is 10.2 Å². The van der Waals surface area contributed by atoms with Gasteiger partial charge in [-0.05, 0) is 12.1 Å². The van der Waals surface area contributed by atoms with Crippen LogP contribution >= 0.6 is 0 Å². The summed E-state index contributed by atoms with van der Waals surface area (Å²) in [5, 5.41) is 5.63. The van der Waals surface area contributed by atoms with Crippen LogP contribution in [0.2, 0.25) is 0 Å². The van der Waals surface area contributed by atoms with Crippen molar-refractivity contribution in [2.24, 2.45) is 7.05 Å². The van der Waals surface area contributed by atoms with Gasteiger partial charge in [0.2, 0.25) is 0 Å². The zero-order valence-electron chi connectivity index (χ0n) is 10.5. The lowest BCUT2D eigenvalue weighted by molar-refractivity contribution is -0.119. The molecule has 0 spiro atoms. The summed E-state index contributed by atoms with van der Waals surface area (Å²) in [6.07, 6.45) is 0.429. The number of hydrogen-bond acceptors (Lipinski definition) is 4. The summed E-state index contributed by atoms with van der Waals surface area (Å²) in [6, 6.07) is 9.28. The highest BCUT2D eigenvalue weighted by atomic mass is 16.7. The molecule has 0 unspecified atom stereocenters. The van der Waals surface area contributed by atoms with Crippen LogP contribution < -0.4 is 10.8 Å². The highest BCUT2D eigenvalue weighted by Gasteiger charge is 2.23. The lowest BCUT2D eigenvalue weighted by Gasteiger charge is -2.13. The van der Waals surface area contributed by atoms with Crippen molar-refractivity contribution in [3.63, 3.8) is 0 Å². The number of rotatable bonds is 2. The van der Waals surface area contributed by atoms with Gasteiger partial charge in [0.25, 0.3) is 5.91 Å². The van der Waals surface area contributed by atoms with E-state index in [1.165, 1.54) is 5.06 Å². The maximum atomic E-state index is 11.5. The van der Waals surface area contributed by atoms with Crippen LogP contribution in [0.1, 0.15) is 6.42 Å². The first-order chi connectivity index (χ1) is 9.15. The molecule has 6 heteroatoms. The van der Waals surface area contributed by atoms with Gasteiger partial charge in [-0.1, -0.05) is 12.1 Å². The van der Waals surface area contributed by atoms with Crippen LogP contribution in [0, 0.1) is 0 Å². The van der Waals surface area contributed by atoms with E-state index in [4.69, 9.17) is 10.6 Å². The Hall–Kier alpha value is -2.34. The van der Waals surface area contributed by atoms with Crippen LogP contribution in [0.4, 0.5) is 11.5 Å². The number of amides is 1. The number of anilines is 2. The average molecular weight is 258 g/mol. The third kappa shape index (κ3) is 2.06. The average Bonchev–Trinajstić information content (AvgIpc) is 2.97. The maximum absolute atomic E-state index is 11.5. The molecule has 98 valence electrons. The number of hydroxylamine groups is 1. The molecule has 2 heterocycles. The Morgan fingerprint density at radius 2 is 2.05 bits per heavy atom. The van der Waals surface area contributed by atoms with Gasteiger partial charge >= 0.3 is 0 Å². The van der Waals surface area contributed by atoms with E-state index >= 15 is 0 Å². The lowest BCUT2D eigenvalue weighted by Crippen LogP contribution is -2.21. The highest BCUT2D eigenvalue weighted by molar-refractivity contribution is 5.93. The molecular weight excluding hydrogens is 244 g/mol. The summed E-state index contributed by atoms with van der Waals surface area (Å²) >= 11 is 0. The van der Waals surface area contributed by atoms with E-state index in [1.807, 2.05) is 30.3 Å². The van der Waals surface area contributed by atoms with Crippen molar-refractivity contribution in [3.8, 4) is 11.3 Å². The van der Waals surface area contributed by atoms with Crippen LogP contribution in [0.5, 0.6) is 0 Å². The molecule has 1 saturated heterocycles. The fourth-order valence-corrected chi connectivity index (χ4v) is 2.01. The van der Waals surface area contributed by atoms with Crippen LogP contribution in [0.3, 0.4) is 0 Å². The second-order valence-corrected chi connectivity index (χ2v) is 4.40. The minimum atomic E-state index is -0.0187. The second kappa shape index (κ2) is 4.40. The van der Waals surface area contributed by atoms with Crippen molar-refractivity contribution < 1.29 is 9.63 Å². The summed E-state index contributed by atoms with van der Waals surface area (Å²) in [5.74, 6) is 0.590. The number of nitrogens with zero attached hydrogens (tertiary/aromatic N) is 3. The normalized spacial score (nSPS) is 15.2. The summed E-state index contributed by atoms with van der Waals surface area (Å²) < 4.78 is 1.62. The number of carbonyl (C=O) groups is 1. The molecule has 1 aromatic heterocycles. The standard InChI is InChI=1S/C13H14N4O2/c1-16-12(14)8-11(15-16)9-2-4-10(5-3-9)17-13(18)6-7-19-17/h2-5,8H,6-7,14H2,1H3. The number of benzene rings is 1. The molecule has 0 aliphatic carbocycles. The van der Waals surface area contributed by atoms with Gasteiger partial charge in [0.05, 0.1) is 24.4 Å². The molecule has 19 heavy (non-hydrogen) atoms. The van der Waals surface area contributed by atoms with Gasteiger partial charge in [0, 0.05) is 18.7 Å². The number of nitrogens with two attached hydrogens (primary N) is 1. The van der Waals surface area contributed by atoms with Crippen molar-refractivity contribution in [2.75, 3.05) is 17.4 Å². The Bertz CT molecular complexity index is 599. The van der Waals surface area contributed by atoms with Crippen molar-refractivity contribution in [2.45, 2.75) is 6.42 Å². The van der Waals surface area contributed by atoms with Crippen LogP contribution in [-0.2, 0) is 16.7 Å². The molecule has 6 nitrogen and oxygen atoms in total. The van der Waals surface area contributed by atoms with E-state index < -0.39 is 0 Å². The quantitative estimate of drug-likeness (QED) is 0.882. The van der Waals surface area contributed by atoms with Gasteiger partial charge in [-0.3, -0.25) is 14.3 Å². The Morgan fingerprint density at radius 1 is 1.32 bits per heavy atom. The Balaban J connectivity index is 1.88. The van der Waals surface area contributed by atoms with E-state index in [1.54, 1.807) is 11.7 Å². The summed E-state index contributed by atoms with van der Waals surface area (Å²) in [6.45, 7) is 0.442. The first-order valence-corrected chi connectivity index (χ1v) is 6.01. The van der Waals surface area contributed by atoms with E-state index in [0.717, 1.165) is 16.9 Å². The Morgan fingerprint density at radius 3 is 2.58 bits per heavy atom. The largest absolute Gasteiger partial charge is 0.384 e. The van der Waals surface area contributed by atoms with Crippen molar-refractivity contribution >= 4 is 17.4 Å². The molecule has 1 aliphatic heterocycles. The topological polar surface area (TPSA) is 73.4 Å². The SMILES string of the molecule is Cn1nc(-c2ccc(N3OCCC3=O)cc2)cc1N. The third-order valence-corrected chi connectivity index (χ3v) is 3.08. The van der Waals surface area contributed by atoms with Crippen LogP contribution in [0.15, 0.2) is 30.3 Å². The molecule has 2 aromatic rings. The van der Waals surface area contributed by atoms with Gasteiger partial charge < -0.3 is 5.73 Å². The van der Waals surface area contributed by atoms with Gasteiger partial charge in [-0.25, -0.2) is 0 Å². The molecule has 0 atom stereocenters. The molecule has 1 aliphatic rings. The molecule has 3 rings (SSSR count). The highest BCUT2D eigenvalue weighted by Crippen LogP contribution is 2.25. The van der Waals surface area contributed by atoms with E-state index in [-0.39, 0.29) is 5.91 Å². The molecule has 1 amide bonds. The van der Waals surface area contributed by atoms with E-state index in [2.05, 4.69) is 5.10 Å². The molecule has 2 N–H and O–H groups in total. The maximum Gasteiger partial charge on any atom is 0.253 e. The first-order valence-electron chi connectivity index (χ1n) is 6.01. The van der Waals surface area contributed by atoms with E-state index in [9.17, 15) is 4.79 Å². The van der Waals surface area contributed by atoms with Gasteiger partial charge in [0.15, 0.2) is 0 Å². The Labute approximate surface area is 110 Å². The van der Waals surface area contributed by atoms with E-state index in [0.29, 0.717) is 18.8 Å². The van der Waals surface area contributed by atoms with Crippen molar-refractivity contribution in [3.05, 3.63) is 30.3 Å². The fraction of sp³-hybridized carbons (Fsp3) is 0.231. The predicted octanol–water partition coefficient (Wildman–Crippen LogP) is 1.34. The lowest BCUT2D eigenvalue weighted by atomic mass is 10.1. The second-order valence-electron chi connectivity index (χ2n) is 4.40. The number of aryl methyl sites for hydroxylation is 1. The van der Waals surface area contributed by atoms with Gasteiger partial charge in [-0.15, -0.1) is 0 Å². The van der Waals surface area contributed by atoms with Crippen LogP contribution in [-0.4, -0.2) is 22.3 Å². The number of hydrogen-bond donors (Lipinski definition) is 1. The minimum Gasteiger partial charge on any atom is -0.384 e. The predicted molar refractivity (Wildman–Crippen MR) is 71.1 cm³/mol. The fourth-order valence-electron chi connectivity index (χ4n) is 2.01. The molecular formula is C13H14N4O2. The van der Waals surface area contributed by atoms with Gasteiger partial charge in [0.1, 0.15) is 5.82 Å². The first kappa shape index (κ1) is 11.7. The Kier molecular flexibility index (Phi) is 2.72. The molecule has 1 aromatic carbocycles. The molecule has 0 bridgehead atoms. The number of carbonyl (C=O) groups excluding carboxylic acids is 1. The molecule has 0 saturated carbocycles. The number of nitrogen functional groups attached to an aromatic ring is 1. The summed E-state index contributed by atoms with van der Waals surface area (Å²) in [5.41, 5.74) is 8.24. The third-order valence-electron chi connectivity index (χ3n) is 3.08. The minimum absolute atomic E-state index is 0.0187. The summed E-state index contributed by atoms with van der Waals surface area (Å²) in [4.78, 5) is 16.8. The van der Waals surface area contributed by atoms with Crippen LogP contribution in [0.25, 0.3) is 11.3 Å².